The number of ether oxygens (including phenoxy) is 2. The molecule has 108 valence electrons. The quantitative estimate of drug-likeness (QED) is 0.841. The molecule has 2 fully saturated rings. The molecule has 3 nitrogen and oxygen atoms in total. The van der Waals surface area contributed by atoms with Crippen molar-refractivity contribution < 1.29 is 9.47 Å². The van der Waals surface area contributed by atoms with E-state index >= 15 is 0 Å². The van der Waals surface area contributed by atoms with Crippen molar-refractivity contribution in [2.24, 2.45) is 0 Å². The molecule has 1 saturated carbocycles. The largest absolute Gasteiger partial charge is 0.448 e. The minimum absolute atomic E-state index is 0.348. The van der Waals surface area contributed by atoms with E-state index in [0.717, 1.165) is 30.9 Å². The second kappa shape index (κ2) is 4.96. The maximum Gasteiger partial charge on any atom is 0.251 e. The van der Waals surface area contributed by atoms with Crippen LogP contribution in [0.4, 0.5) is 0 Å². The van der Waals surface area contributed by atoms with Crippen molar-refractivity contribution >= 4 is 0 Å². The van der Waals surface area contributed by atoms with Gasteiger partial charge in [0.05, 0.1) is 0 Å². The summed E-state index contributed by atoms with van der Waals surface area (Å²) in [5, 5.41) is 3.60. The average molecular weight is 273 g/mol. The van der Waals surface area contributed by atoms with E-state index in [0.29, 0.717) is 6.04 Å². The van der Waals surface area contributed by atoms with Gasteiger partial charge in [-0.2, -0.15) is 0 Å². The molecule has 20 heavy (non-hydrogen) atoms. The lowest BCUT2D eigenvalue weighted by Crippen LogP contribution is -2.40. The van der Waals surface area contributed by atoms with Crippen molar-refractivity contribution in [3.05, 3.63) is 23.8 Å². The lowest BCUT2D eigenvalue weighted by molar-refractivity contribution is -0.105. The number of hydrogen-bond acceptors (Lipinski definition) is 3. The van der Waals surface area contributed by atoms with Crippen LogP contribution < -0.4 is 14.8 Å². The van der Waals surface area contributed by atoms with E-state index in [1.165, 1.54) is 44.1 Å². The van der Waals surface area contributed by atoms with Gasteiger partial charge >= 0.3 is 0 Å². The van der Waals surface area contributed by atoms with E-state index in [1.54, 1.807) is 0 Å². The molecule has 1 aliphatic carbocycles. The summed E-state index contributed by atoms with van der Waals surface area (Å²) in [7, 11) is 0. The van der Waals surface area contributed by atoms with Crippen molar-refractivity contribution in [2.45, 2.75) is 63.2 Å². The third-order valence-corrected chi connectivity index (χ3v) is 4.89. The van der Waals surface area contributed by atoms with Gasteiger partial charge in [0.15, 0.2) is 11.5 Å². The van der Waals surface area contributed by atoms with Crippen molar-refractivity contribution in [1.82, 2.24) is 5.32 Å². The fourth-order valence-corrected chi connectivity index (χ4v) is 3.76. The summed E-state index contributed by atoms with van der Waals surface area (Å²) in [6.45, 7) is 1.13. The fraction of sp³-hybridized carbons (Fsp3) is 0.647. The van der Waals surface area contributed by atoms with Gasteiger partial charge in [-0.1, -0.05) is 18.9 Å². The lowest BCUT2D eigenvalue weighted by atomic mass is 9.94. The van der Waals surface area contributed by atoms with Gasteiger partial charge in [-0.15, -0.1) is 0 Å². The van der Waals surface area contributed by atoms with Crippen molar-refractivity contribution in [3.63, 3.8) is 0 Å². The van der Waals surface area contributed by atoms with E-state index in [1.807, 2.05) is 0 Å². The first-order valence-corrected chi connectivity index (χ1v) is 8.10. The first kappa shape index (κ1) is 12.5. The molecule has 0 aromatic heterocycles. The highest BCUT2D eigenvalue weighted by atomic mass is 16.7. The smallest absolute Gasteiger partial charge is 0.251 e. The molecule has 0 radical (unpaired) electrons. The predicted molar refractivity (Wildman–Crippen MR) is 78.1 cm³/mol. The zero-order chi connectivity index (χ0) is 13.4. The van der Waals surface area contributed by atoms with E-state index in [-0.39, 0.29) is 5.79 Å². The number of piperidine rings is 1. The Bertz CT molecular complexity index is 488. The lowest BCUT2D eigenvalue weighted by Gasteiger charge is -2.31. The van der Waals surface area contributed by atoms with E-state index in [2.05, 4.69) is 23.5 Å². The molecular formula is C17H23NO2. The molecule has 1 atom stereocenters. The second-order valence-electron chi connectivity index (χ2n) is 6.38. The summed E-state index contributed by atoms with van der Waals surface area (Å²) in [6.07, 6.45) is 9.63. The predicted octanol–water partition coefficient (Wildman–Crippen LogP) is 3.93. The zero-order valence-electron chi connectivity index (χ0n) is 12.0. The van der Waals surface area contributed by atoms with Crippen LogP contribution >= 0.6 is 0 Å². The van der Waals surface area contributed by atoms with Crippen molar-refractivity contribution in [2.75, 3.05) is 6.54 Å². The van der Waals surface area contributed by atoms with Crippen LogP contribution in [0.25, 0.3) is 0 Å². The first-order valence-electron chi connectivity index (χ1n) is 8.10. The third-order valence-electron chi connectivity index (χ3n) is 4.89. The Balaban J connectivity index is 1.56. The molecule has 3 heteroatoms. The molecule has 0 amide bonds. The average Bonchev–Trinajstić information content (AvgIpc) is 2.85. The van der Waals surface area contributed by atoms with Crippen molar-refractivity contribution in [1.29, 1.82) is 0 Å². The SMILES string of the molecule is c1cc2c(cc1C1CCCCN1)OC1(CCCCC1)O2. The Hall–Kier alpha value is -1.22. The number of benzene rings is 1. The molecule has 2 heterocycles. The number of nitrogens with one attached hydrogen (secondary N) is 1. The van der Waals surface area contributed by atoms with Crippen LogP contribution in [0.15, 0.2) is 18.2 Å². The highest BCUT2D eigenvalue weighted by molar-refractivity contribution is 5.46. The van der Waals surface area contributed by atoms with Crippen LogP contribution in [0.2, 0.25) is 0 Å². The molecule has 1 unspecified atom stereocenters. The maximum absolute atomic E-state index is 6.22. The van der Waals surface area contributed by atoms with Crippen LogP contribution in [0.3, 0.4) is 0 Å². The molecule has 4 rings (SSSR count). The third kappa shape index (κ3) is 2.18. The van der Waals surface area contributed by atoms with Gasteiger partial charge in [0.25, 0.3) is 5.79 Å². The van der Waals surface area contributed by atoms with Gasteiger partial charge < -0.3 is 14.8 Å². The van der Waals surface area contributed by atoms with Crippen LogP contribution in [-0.2, 0) is 0 Å². The van der Waals surface area contributed by atoms with E-state index in [9.17, 15) is 0 Å². The molecule has 1 saturated heterocycles. The Morgan fingerprint density at radius 2 is 1.80 bits per heavy atom. The molecular weight excluding hydrogens is 250 g/mol. The van der Waals surface area contributed by atoms with Gasteiger partial charge in [0.2, 0.25) is 0 Å². The van der Waals surface area contributed by atoms with Gasteiger partial charge in [0.1, 0.15) is 0 Å². The van der Waals surface area contributed by atoms with Gasteiger partial charge in [-0.05, 0) is 49.9 Å². The summed E-state index contributed by atoms with van der Waals surface area (Å²) in [5.41, 5.74) is 1.35. The molecule has 2 aliphatic heterocycles. The highest BCUT2D eigenvalue weighted by Gasteiger charge is 2.42. The molecule has 1 aromatic carbocycles. The van der Waals surface area contributed by atoms with Crippen LogP contribution in [-0.4, -0.2) is 12.3 Å². The molecule has 0 bridgehead atoms. The van der Waals surface area contributed by atoms with Crippen LogP contribution in [0.1, 0.15) is 63.0 Å². The number of hydrogen-bond donors (Lipinski definition) is 1. The van der Waals surface area contributed by atoms with Gasteiger partial charge in [-0.25, -0.2) is 0 Å². The Morgan fingerprint density at radius 3 is 2.60 bits per heavy atom. The fourth-order valence-electron chi connectivity index (χ4n) is 3.76. The summed E-state index contributed by atoms with van der Waals surface area (Å²) in [5.74, 6) is 1.54. The molecule has 1 aromatic rings. The zero-order valence-corrected chi connectivity index (χ0v) is 12.0. The van der Waals surface area contributed by atoms with Crippen molar-refractivity contribution in [3.8, 4) is 11.5 Å². The summed E-state index contributed by atoms with van der Waals surface area (Å²) in [4.78, 5) is 0. The van der Waals surface area contributed by atoms with E-state index in [4.69, 9.17) is 9.47 Å². The minimum atomic E-state index is -0.348. The molecule has 1 N–H and O–H groups in total. The molecule has 1 spiro atoms. The topological polar surface area (TPSA) is 30.5 Å². The monoisotopic (exact) mass is 273 g/mol. The first-order chi connectivity index (χ1) is 9.85. The summed E-state index contributed by atoms with van der Waals surface area (Å²) < 4.78 is 12.4. The Labute approximate surface area is 120 Å². The minimum Gasteiger partial charge on any atom is -0.448 e. The van der Waals surface area contributed by atoms with Crippen LogP contribution in [0, 0.1) is 0 Å². The molecule has 3 aliphatic rings. The summed E-state index contributed by atoms with van der Waals surface area (Å²) in [6, 6.07) is 6.99. The summed E-state index contributed by atoms with van der Waals surface area (Å²) >= 11 is 0. The van der Waals surface area contributed by atoms with E-state index < -0.39 is 0 Å². The van der Waals surface area contributed by atoms with Gasteiger partial charge in [-0.3, -0.25) is 0 Å². The van der Waals surface area contributed by atoms with Gasteiger partial charge in [0, 0.05) is 18.9 Å². The Morgan fingerprint density at radius 1 is 0.950 bits per heavy atom. The maximum atomic E-state index is 6.22. The second-order valence-corrected chi connectivity index (χ2v) is 6.38. The highest BCUT2D eigenvalue weighted by Crippen LogP contribution is 2.46. The number of fused-ring (bicyclic) bond motifs is 1. The standard InChI is InChI=1S/C17H23NO2/c1-3-9-17(10-4-1)19-15-8-7-13(12-16(15)20-17)14-6-2-5-11-18-14/h7-8,12,14,18H,1-6,9-11H2. The normalized spacial score (nSPS) is 27.7. The Kier molecular flexibility index (Phi) is 3.10. The number of rotatable bonds is 1. The van der Waals surface area contributed by atoms with Crippen LogP contribution in [0.5, 0.6) is 11.5 Å².